The molecule has 1 atom stereocenters. The van der Waals surface area contributed by atoms with Crippen LogP contribution in [0.3, 0.4) is 0 Å². The van der Waals surface area contributed by atoms with Crippen LogP contribution in [0.15, 0.2) is 16.6 Å². The maximum Gasteiger partial charge on any atom is 0.147 e. The molecule has 96 valence electrons. The number of rotatable bonds is 6. The summed E-state index contributed by atoms with van der Waals surface area (Å²) in [6.45, 7) is 3.28. The molecule has 0 saturated heterocycles. The Morgan fingerprint density at radius 1 is 1.53 bits per heavy atom. The quantitative estimate of drug-likeness (QED) is 0.632. The smallest absolute Gasteiger partial charge is 0.147 e. The van der Waals surface area contributed by atoms with E-state index < -0.39 is 5.82 Å². The van der Waals surface area contributed by atoms with Gasteiger partial charge in [0.15, 0.2) is 0 Å². The first-order chi connectivity index (χ1) is 8.07. The molecule has 0 heterocycles. The van der Waals surface area contributed by atoms with E-state index in [4.69, 9.17) is 22.1 Å². The van der Waals surface area contributed by atoms with Crippen LogP contribution in [0.1, 0.15) is 31.4 Å². The topological polar surface area (TPSA) is 35.2 Å². The predicted molar refractivity (Wildman–Crippen MR) is 71.8 cm³/mol. The predicted octanol–water partition coefficient (Wildman–Crippen LogP) is 4.06. The lowest BCUT2D eigenvalue weighted by molar-refractivity contribution is 0.142. The van der Waals surface area contributed by atoms with Crippen LogP contribution < -0.4 is 5.73 Å². The minimum atomic E-state index is -0.440. The lowest BCUT2D eigenvalue weighted by Gasteiger charge is -2.14. The highest BCUT2D eigenvalue weighted by molar-refractivity contribution is 9.10. The summed E-state index contributed by atoms with van der Waals surface area (Å²) in [6.07, 6.45) is 1.48. The minimum Gasteiger partial charge on any atom is -0.382 e. The van der Waals surface area contributed by atoms with Gasteiger partial charge in [-0.25, -0.2) is 4.39 Å². The summed E-state index contributed by atoms with van der Waals surface area (Å²) in [7, 11) is 0. The van der Waals surface area contributed by atoms with Crippen molar-refractivity contribution in [1.29, 1.82) is 0 Å². The third kappa shape index (κ3) is 4.21. The fourth-order valence-corrected chi connectivity index (χ4v) is 2.01. The van der Waals surface area contributed by atoms with E-state index in [0.717, 1.165) is 6.42 Å². The van der Waals surface area contributed by atoms with E-state index in [1.807, 2.05) is 6.92 Å². The summed E-state index contributed by atoms with van der Waals surface area (Å²) in [6, 6.07) is 3.03. The Balaban J connectivity index is 2.63. The Bertz CT molecular complexity index is 376. The molecule has 0 amide bonds. The summed E-state index contributed by atoms with van der Waals surface area (Å²) < 4.78 is 19.6. The lowest BCUT2D eigenvalue weighted by atomic mass is 10.0. The number of benzene rings is 1. The van der Waals surface area contributed by atoms with Crippen LogP contribution in [0.2, 0.25) is 5.02 Å². The van der Waals surface area contributed by atoms with Gasteiger partial charge in [0.2, 0.25) is 0 Å². The maximum absolute atomic E-state index is 13.8. The summed E-state index contributed by atoms with van der Waals surface area (Å²) in [5.74, 6) is -0.440. The number of hydrogen-bond acceptors (Lipinski definition) is 2. The summed E-state index contributed by atoms with van der Waals surface area (Å²) in [4.78, 5) is 0. The molecular formula is C12H16BrClFNO. The lowest BCUT2D eigenvalue weighted by Crippen LogP contribution is -2.13. The maximum atomic E-state index is 13.8. The van der Waals surface area contributed by atoms with Crippen LogP contribution in [0, 0.1) is 5.82 Å². The van der Waals surface area contributed by atoms with E-state index in [2.05, 4.69) is 15.9 Å². The second-order valence-corrected chi connectivity index (χ2v) is 4.94. The second-order valence-electron chi connectivity index (χ2n) is 3.71. The zero-order valence-electron chi connectivity index (χ0n) is 9.68. The molecule has 0 aliphatic rings. The number of halogens is 3. The summed E-state index contributed by atoms with van der Waals surface area (Å²) >= 11 is 8.98. The van der Waals surface area contributed by atoms with Crippen LogP contribution in [-0.4, -0.2) is 13.2 Å². The largest absolute Gasteiger partial charge is 0.382 e. The zero-order chi connectivity index (χ0) is 12.8. The molecule has 0 aliphatic carbocycles. The van der Waals surface area contributed by atoms with E-state index in [1.165, 1.54) is 0 Å². The molecule has 2 nitrogen and oxygen atoms in total. The SMILES string of the molecule is CCOCCCC(N)c1ccc(Br)c(Cl)c1F. The molecule has 1 aromatic rings. The summed E-state index contributed by atoms with van der Waals surface area (Å²) in [5.41, 5.74) is 6.38. The monoisotopic (exact) mass is 323 g/mol. The first kappa shape index (κ1) is 14.9. The van der Waals surface area contributed by atoms with E-state index in [-0.39, 0.29) is 11.1 Å². The Kier molecular flexibility index (Phi) is 6.41. The molecule has 5 heteroatoms. The average Bonchev–Trinajstić information content (AvgIpc) is 2.31. The standard InChI is InChI=1S/C12H16BrClFNO/c1-2-17-7-3-4-10(16)8-5-6-9(13)11(14)12(8)15/h5-6,10H,2-4,7,16H2,1H3. The first-order valence-electron chi connectivity index (χ1n) is 5.54. The first-order valence-corrected chi connectivity index (χ1v) is 6.71. The number of ether oxygens (including phenoxy) is 1. The van der Waals surface area contributed by atoms with Crippen LogP contribution in [0.5, 0.6) is 0 Å². The Morgan fingerprint density at radius 3 is 2.88 bits per heavy atom. The van der Waals surface area contributed by atoms with E-state index in [0.29, 0.717) is 29.7 Å². The van der Waals surface area contributed by atoms with Crippen molar-refractivity contribution >= 4 is 27.5 Å². The third-order valence-corrected chi connectivity index (χ3v) is 3.73. The third-order valence-electron chi connectivity index (χ3n) is 2.47. The van der Waals surface area contributed by atoms with Gasteiger partial charge in [0.25, 0.3) is 0 Å². The minimum absolute atomic E-state index is 0.0859. The van der Waals surface area contributed by atoms with Crippen LogP contribution >= 0.6 is 27.5 Å². The van der Waals surface area contributed by atoms with Gasteiger partial charge in [0.1, 0.15) is 5.82 Å². The molecule has 0 radical (unpaired) electrons. The van der Waals surface area contributed by atoms with Gasteiger partial charge in [-0.3, -0.25) is 0 Å². The molecule has 0 aliphatic heterocycles. The molecule has 2 N–H and O–H groups in total. The van der Waals surface area contributed by atoms with Gasteiger partial charge in [-0.05, 0) is 41.8 Å². The van der Waals surface area contributed by atoms with Crippen LogP contribution in [0.4, 0.5) is 4.39 Å². The van der Waals surface area contributed by atoms with Crippen molar-refractivity contribution in [2.45, 2.75) is 25.8 Å². The fourth-order valence-electron chi connectivity index (χ4n) is 1.53. The van der Waals surface area contributed by atoms with E-state index >= 15 is 0 Å². The van der Waals surface area contributed by atoms with Gasteiger partial charge < -0.3 is 10.5 Å². The molecule has 1 rings (SSSR count). The highest BCUT2D eigenvalue weighted by Crippen LogP contribution is 2.30. The van der Waals surface area contributed by atoms with Gasteiger partial charge >= 0.3 is 0 Å². The molecule has 1 aromatic carbocycles. The Labute approximate surface area is 114 Å². The van der Waals surface area contributed by atoms with E-state index in [1.54, 1.807) is 12.1 Å². The highest BCUT2D eigenvalue weighted by Gasteiger charge is 2.15. The number of nitrogens with two attached hydrogens (primary N) is 1. The Morgan fingerprint density at radius 2 is 2.24 bits per heavy atom. The van der Waals surface area contributed by atoms with Gasteiger partial charge in [0.05, 0.1) is 5.02 Å². The van der Waals surface area contributed by atoms with Crippen molar-refractivity contribution in [2.24, 2.45) is 5.73 Å². The molecule has 0 fully saturated rings. The van der Waals surface area contributed by atoms with Crippen LogP contribution in [0.25, 0.3) is 0 Å². The van der Waals surface area contributed by atoms with Gasteiger partial charge in [0, 0.05) is 29.3 Å². The van der Waals surface area contributed by atoms with Crippen molar-refractivity contribution in [2.75, 3.05) is 13.2 Å². The molecule has 0 saturated carbocycles. The zero-order valence-corrected chi connectivity index (χ0v) is 12.0. The van der Waals surface area contributed by atoms with Gasteiger partial charge in [-0.2, -0.15) is 0 Å². The van der Waals surface area contributed by atoms with Gasteiger partial charge in [-0.1, -0.05) is 17.7 Å². The molecular weight excluding hydrogens is 308 g/mol. The average molecular weight is 325 g/mol. The second kappa shape index (κ2) is 7.31. The number of hydrogen-bond donors (Lipinski definition) is 1. The molecule has 0 spiro atoms. The summed E-state index contributed by atoms with van der Waals surface area (Å²) in [5, 5.41) is 0.0859. The van der Waals surface area contributed by atoms with Gasteiger partial charge in [-0.15, -0.1) is 0 Å². The van der Waals surface area contributed by atoms with Crippen molar-refractivity contribution in [1.82, 2.24) is 0 Å². The highest BCUT2D eigenvalue weighted by atomic mass is 79.9. The normalized spacial score (nSPS) is 12.8. The molecule has 0 bridgehead atoms. The van der Waals surface area contributed by atoms with Crippen molar-refractivity contribution in [3.05, 3.63) is 33.0 Å². The van der Waals surface area contributed by atoms with Crippen molar-refractivity contribution in [3.8, 4) is 0 Å². The van der Waals surface area contributed by atoms with Crippen molar-refractivity contribution < 1.29 is 9.13 Å². The fraction of sp³-hybridized carbons (Fsp3) is 0.500. The van der Waals surface area contributed by atoms with Crippen molar-refractivity contribution in [3.63, 3.8) is 0 Å². The Hall–Kier alpha value is -0.160. The molecule has 0 aromatic heterocycles. The molecule has 17 heavy (non-hydrogen) atoms. The van der Waals surface area contributed by atoms with E-state index in [9.17, 15) is 4.39 Å². The van der Waals surface area contributed by atoms with Crippen LogP contribution in [-0.2, 0) is 4.74 Å². The molecule has 1 unspecified atom stereocenters.